The molecule has 0 spiro atoms. The first kappa shape index (κ1) is 16.7. The van der Waals surface area contributed by atoms with Crippen molar-refractivity contribution in [3.63, 3.8) is 0 Å². The van der Waals surface area contributed by atoms with Crippen molar-refractivity contribution in [2.75, 3.05) is 12.3 Å². The Morgan fingerprint density at radius 2 is 1.71 bits per heavy atom. The third-order valence-electron chi connectivity index (χ3n) is 4.46. The molecule has 2 atom stereocenters. The van der Waals surface area contributed by atoms with Crippen LogP contribution in [0.5, 0.6) is 0 Å². The van der Waals surface area contributed by atoms with Crippen molar-refractivity contribution in [3.8, 4) is 0 Å². The average molecular weight is 308 g/mol. The fourth-order valence-electron chi connectivity index (χ4n) is 3.08. The van der Waals surface area contributed by atoms with E-state index in [1.165, 1.54) is 24.0 Å². The number of hydrogen-bond donors (Lipinski definition) is 1. The molecular formula is C18H29NOS. The largest absolute Gasteiger partial charge is 0.309 e. The Balaban J connectivity index is 2.04. The Morgan fingerprint density at radius 3 is 2.24 bits per heavy atom. The van der Waals surface area contributed by atoms with Gasteiger partial charge in [-0.15, -0.1) is 0 Å². The van der Waals surface area contributed by atoms with Gasteiger partial charge in [0.05, 0.1) is 0 Å². The molecule has 1 aliphatic carbocycles. The molecule has 1 aliphatic rings. The van der Waals surface area contributed by atoms with E-state index in [-0.39, 0.29) is 6.04 Å². The summed E-state index contributed by atoms with van der Waals surface area (Å²) in [6, 6.07) is 9.05. The summed E-state index contributed by atoms with van der Waals surface area (Å²) in [5.41, 5.74) is 2.64. The summed E-state index contributed by atoms with van der Waals surface area (Å²) < 4.78 is 12.6. The number of rotatable bonds is 7. The molecule has 2 nitrogen and oxygen atoms in total. The lowest BCUT2D eigenvalue weighted by Gasteiger charge is -2.20. The highest BCUT2D eigenvalue weighted by Crippen LogP contribution is 2.26. The summed E-state index contributed by atoms with van der Waals surface area (Å²) in [5, 5.41) is 3.94. The maximum absolute atomic E-state index is 12.6. The van der Waals surface area contributed by atoms with Gasteiger partial charge in [0.1, 0.15) is 0 Å². The smallest absolute Gasteiger partial charge is 0.0436 e. The second kappa shape index (κ2) is 8.09. The minimum absolute atomic E-state index is 0.220. The van der Waals surface area contributed by atoms with Gasteiger partial charge in [0.2, 0.25) is 0 Å². The Bertz CT molecular complexity index is 449. The fraction of sp³-hybridized carbons (Fsp3) is 0.667. The first-order valence-electron chi connectivity index (χ1n) is 8.32. The van der Waals surface area contributed by atoms with Gasteiger partial charge in [-0.05, 0) is 36.4 Å². The second-order valence-electron chi connectivity index (χ2n) is 6.39. The highest BCUT2D eigenvalue weighted by molar-refractivity contribution is 7.85. The molecule has 21 heavy (non-hydrogen) atoms. The highest BCUT2D eigenvalue weighted by Gasteiger charge is 2.24. The fourth-order valence-corrected chi connectivity index (χ4v) is 4.85. The number of benzene rings is 1. The van der Waals surface area contributed by atoms with Crippen molar-refractivity contribution in [1.82, 2.24) is 5.32 Å². The lowest BCUT2D eigenvalue weighted by atomic mass is 9.99. The van der Waals surface area contributed by atoms with Crippen LogP contribution in [0.25, 0.3) is 0 Å². The van der Waals surface area contributed by atoms with Crippen LogP contribution in [0.1, 0.15) is 69.5 Å². The molecule has 0 aliphatic heterocycles. The predicted octanol–water partition coefficient (Wildman–Crippen LogP) is 4.15. The van der Waals surface area contributed by atoms with Crippen molar-refractivity contribution in [3.05, 3.63) is 35.4 Å². The zero-order valence-corrected chi connectivity index (χ0v) is 14.4. The summed E-state index contributed by atoms with van der Waals surface area (Å²) in [7, 11) is -0.704. The standard InChI is InChI=1S/C18H29NOS/c1-4-19-18(13-21(20)17-7-5-6-8-17)16-11-9-15(10-12-16)14(2)3/h9-12,14,17-19H,4-8,13H2,1-3H3. The molecule has 1 fully saturated rings. The number of hydrogen-bond acceptors (Lipinski definition) is 2. The van der Waals surface area contributed by atoms with Crippen LogP contribution in [-0.2, 0) is 10.8 Å². The van der Waals surface area contributed by atoms with E-state index in [4.69, 9.17) is 0 Å². The molecule has 0 aromatic heterocycles. The number of nitrogens with one attached hydrogen (secondary N) is 1. The molecule has 0 heterocycles. The van der Waals surface area contributed by atoms with E-state index in [0.717, 1.165) is 25.1 Å². The van der Waals surface area contributed by atoms with Crippen LogP contribution < -0.4 is 5.32 Å². The van der Waals surface area contributed by atoms with E-state index in [1.807, 2.05) is 0 Å². The maximum atomic E-state index is 12.6. The monoisotopic (exact) mass is 307 g/mol. The van der Waals surface area contributed by atoms with Crippen LogP contribution in [0.15, 0.2) is 24.3 Å². The summed E-state index contributed by atoms with van der Waals surface area (Å²) in [6.45, 7) is 7.46. The molecule has 1 N–H and O–H groups in total. The Kier molecular flexibility index (Phi) is 6.43. The molecule has 3 heteroatoms. The predicted molar refractivity (Wildman–Crippen MR) is 92.2 cm³/mol. The molecule has 0 saturated heterocycles. The normalized spacial score (nSPS) is 19.0. The van der Waals surface area contributed by atoms with E-state index in [1.54, 1.807) is 0 Å². The minimum atomic E-state index is -0.704. The molecule has 0 amide bonds. The van der Waals surface area contributed by atoms with Gasteiger partial charge in [0.15, 0.2) is 0 Å². The van der Waals surface area contributed by atoms with E-state index >= 15 is 0 Å². The van der Waals surface area contributed by atoms with Gasteiger partial charge in [-0.25, -0.2) is 0 Å². The molecule has 1 aromatic carbocycles. The Labute approximate surface area is 132 Å². The van der Waals surface area contributed by atoms with E-state index in [0.29, 0.717) is 11.2 Å². The molecule has 2 unspecified atom stereocenters. The van der Waals surface area contributed by atoms with Crippen molar-refractivity contribution in [1.29, 1.82) is 0 Å². The third-order valence-corrected chi connectivity index (χ3v) is 6.34. The molecule has 0 radical (unpaired) electrons. The van der Waals surface area contributed by atoms with Crippen molar-refractivity contribution < 1.29 is 4.21 Å². The van der Waals surface area contributed by atoms with Gasteiger partial charge in [-0.2, -0.15) is 0 Å². The van der Waals surface area contributed by atoms with E-state index < -0.39 is 10.8 Å². The van der Waals surface area contributed by atoms with Crippen molar-refractivity contribution in [2.24, 2.45) is 0 Å². The minimum Gasteiger partial charge on any atom is -0.309 e. The van der Waals surface area contributed by atoms with Crippen LogP contribution >= 0.6 is 0 Å². The van der Waals surface area contributed by atoms with Gasteiger partial charge in [0.25, 0.3) is 0 Å². The highest BCUT2D eigenvalue weighted by atomic mass is 32.2. The average Bonchev–Trinajstić information content (AvgIpc) is 3.01. The van der Waals surface area contributed by atoms with Gasteiger partial charge >= 0.3 is 0 Å². The van der Waals surface area contributed by atoms with Gasteiger partial charge in [0, 0.05) is 27.8 Å². The van der Waals surface area contributed by atoms with Crippen LogP contribution in [-0.4, -0.2) is 21.8 Å². The van der Waals surface area contributed by atoms with Gasteiger partial charge in [-0.3, -0.25) is 4.21 Å². The Hall–Kier alpha value is -0.670. The van der Waals surface area contributed by atoms with Gasteiger partial charge in [-0.1, -0.05) is 57.9 Å². The topological polar surface area (TPSA) is 29.1 Å². The van der Waals surface area contributed by atoms with Crippen LogP contribution in [0.2, 0.25) is 0 Å². The summed E-state index contributed by atoms with van der Waals surface area (Å²) in [5.74, 6) is 1.31. The van der Waals surface area contributed by atoms with Crippen molar-refractivity contribution in [2.45, 2.75) is 63.7 Å². The maximum Gasteiger partial charge on any atom is 0.0436 e. The van der Waals surface area contributed by atoms with Crippen LogP contribution in [0, 0.1) is 0 Å². The van der Waals surface area contributed by atoms with Gasteiger partial charge < -0.3 is 5.32 Å². The second-order valence-corrected chi connectivity index (χ2v) is 8.15. The Morgan fingerprint density at radius 1 is 1.14 bits per heavy atom. The lowest BCUT2D eigenvalue weighted by Crippen LogP contribution is -2.29. The molecule has 2 rings (SSSR count). The summed E-state index contributed by atoms with van der Waals surface area (Å²) >= 11 is 0. The quantitative estimate of drug-likeness (QED) is 0.820. The lowest BCUT2D eigenvalue weighted by molar-refractivity contribution is 0.590. The van der Waals surface area contributed by atoms with E-state index in [2.05, 4.69) is 50.4 Å². The summed E-state index contributed by atoms with van der Waals surface area (Å²) in [6.07, 6.45) is 4.81. The van der Waals surface area contributed by atoms with Crippen LogP contribution in [0.3, 0.4) is 0 Å². The first-order chi connectivity index (χ1) is 10.1. The molecule has 1 saturated carbocycles. The summed E-state index contributed by atoms with van der Waals surface area (Å²) in [4.78, 5) is 0. The molecule has 0 bridgehead atoms. The van der Waals surface area contributed by atoms with Crippen molar-refractivity contribution >= 4 is 10.8 Å². The first-order valence-corrected chi connectivity index (χ1v) is 9.70. The molecule has 118 valence electrons. The SMILES string of the molecule is CCNC(CS(=O)C1CCCC1)c1ccc(C(C)C)cc1. The van der Waals surface area contributed by atoms with Crippen LogP contribution in [0.4, 0.5) is 0 Å². The molecular weight excluding hydrogens is 278 g/mol. The van der Waals surface area contributed by atoms with E-state index in [9.17, 15) is 4.21 Å². The zero-order chi connectivity index (χ0) is 15.2. The third kappa shape index (κ3) is 4.65. The zero-order valence-electron chi connectivity index (χ0n) is 13.6. The molecule has 1 aromatic rings.